The summed E-state index contributed by atoms with van der Waals surface area (Å²) in [6, 6.07) is 28.3. The van der Waals surface area contributed by atoms with Crippen LogP contribution in [-0.4, -0.2) is 11.4 Å². The number of rotatable bonds is 2. The minimum Gasteiger partial charge on any atom is -0.248 e. The van der Waals surface area contributed by atoms with E-state index in [1.165, 1.54) is 0 Å². The Labute approximate surface area is 141 Å². The Morgan fingerprint density at radius 1 is 0.417 bits per heavy atom. The number of para-hydroxylation sites is 2. The number of nitrogens with zero attached hydrogens (tertiary/aromatic N) is 2. The summed E-state index contributed by atoms with van der Waals surface area (Å²) in [6.07, 6.45) is 4.08. The van der Waals surface area contributed by atoms with Crippen molar-refractivity contribution in [2.75, 3.05) is 0 Å². The molecule has 0 fully saturated rings. The summed E-state index contributed by atoms with van der Waals surface area (Å²) < 4.78 is 0. The van der Waals surface area contributed by atoms with Gasteiger partial charge in [0.1, 0.15) is 0 Å². The Kier molecular flexibility index (Phi) is 3.86. The van der Waals surface area contributed by atoms with Gasteiger partial charge in [0.15, 0.2) is 0 Å². The summed E-state index contributed by atoms with van der Waals surface area (Å²) in [5.74, 6) is 0. The predicted molar refractivity (Wildman–Crippen MR) is 101 cm³/mol. The van der Waals surface area contributed by atoms with Crippen LogP contribution < -0.4 is 0 Å². The first-order valence-electron chi connectivity index (χ1n) is 7.95. The number of hydrogen-bond donors (Lipinski definition) is 0. The van der Waals surface area contributed by atoms with Gasteiger partial charge in [0.05, 0.1) is 22.8 Å². The van der Waals surface area contributed by atoms with Gasteiger partial charge in [-0.2, -0.15) is 0 Å². The number of fused-ring (bicyclic) bond motifs is 1. The standard InChI is InChI=1S/C22H16N2/c1-3-9-17(10-4-1)23-21-15-16-22(20-14-8-7-13-19(20)21)24-18-11-5-2-6-12-18/h1-16H. The molecule has 0 bridgehead atoms. The molecule has 0 saturated heterocycles. The van der Waals surface area contributed by atoms with Crippen molar-refractivity contribution >= 4 is 22.8 Å². The summed E-state index contributed by atoms with van der Waals surface area (Å²) in [7, 11) is 0. The average Bonchev–Trinajstić information content (AvgIpc) is 2.65. The Morgan fingerprint density at radius 2 is 0.792 bits per heavy atom. The van der Waals surface area contributed by atoms with Gasteiger partial charge in [-0.15, -0.1) is 0 Å². The SMILES string of the molecule is C1=CC(=Nc2ccccc2)c2ccccc2C1=Nc1ccccc1. The van der Waals surface area contributed by atoms with Gasteiger partial charge >= 0.3 is 0 Å². The van der Waals surface area contributed by atoms with Crippen molar-refractivity contribution in [3.63, 3.8) is 0 Å². The van der Waals surface area contributed by atoms with E-state index in [2.05, 4.69) is 12.1 Å². The second-order valence-corrected chi connectivity index (χ2v) is 5.54. The van der Waals surface area contributed by atoms with Crippen LogP contribution in [0.3, 0.4) is 0 Å². The average molecular weight is 308 g/mol. The highest BCUT2D eigenvalue weighted by Gasteiger charge is 2.15. The van der Waals surface area contributed by atoms with Gasteiger partial charge in [0.2, 0.25) is 0 Å². The molecule has 0 atom stereocenters. The Balaban J connectivity index is 1.80. The lowest BCUT2D eigenvalue weighted by atomic mass is 9.93. The first kappa shape index (κ1) is 14.3. The smallest absolute Gasteiger partial charge is 0.0716 e. The maximum absolute atomic E-state index is 4.78. The largest absolute Gasteiger partial charge is 0.248 e. The Hall–Kier alpha value is -3.26. The number of aliphatic imine (C=N–C) groups is 2. The molecule has 1 aliphatic rings. The van der Waals surface area contributed by atoms with Crippen LogP contribution in [-0.2, 0) is 0 Å². The fourth-order valence-corrected chi connectivity index (χ4v) is 2.75. The second-order valence-electron chi connectivity index (χ2n) is 5.54. The van der Waals surface area contributed by atoms with E-state index in [1.54, 1.807) is 0 Å². The molecule has 0 unspecified atom stereocenters. The fraction of sp³-hybridized carbons (Fsp3) is 0. The molecular weight excluding hydrogens is 292 g/mol. The summed E-state index contributed by atoms with van der Waals surface area (Å²) in [5.41, 5.74) is 6.05. The third-order valence-electron chi connectivity index (χ3n) is 3.89. The molecule has 2 heteroatoms. The van der Waals surface area contributed by atoms with E-state index in [0.29, 0.717) is 0 Å². The first-order chi connectivity index (χ1) is 11.9. The van der Waals surface area contributed by atoms with Gasteiger partial charge in [-0.1, -0.05) is 60.7 Å². The van der Waals surface area contributed by atoms with Gasteiger partial charge in [-0.25, -0.2) is 9.98 Å². The Morgan fingerprint density at radius 3 is 1.21 bits per heavy atom. The molecule has 24 heavy (non-hydrogen) atoms. The second kappa shape index (κ2) is 6.47. The zero-order valence-corrected chi connectivity index (χ0v) is 13.1. The van der Waals surface area contributed by atoms with Crippen LogP contribution in [0.4, 0.5) is 11.4 Å². The zero-order valence-electron chi connectivity index (χ0n) is 13.1. The molecule has 0 amide bonds. The van der Waals surface area contributed by atoms with Crippen LogP contribution in [0.15, 0.2) is 107 Å². The van der Waals surface area contributed by atoms with E-state index in [-0.39, 0.29) is 0 Å². The summed E-state index contributed by atoms with van der Waals surface area (Å²) in [6.45, 7) is 0. The number of allylic oxidation sites excluding steroid dienone is 2. The summed E-state index contributed by atoms with van der Waals surface area (Å²) >= 11 is 0. The molecule has 0 aliphatic heterocycles. The van der Waals surface area contributed by atoms with Crippen LogP contribution in [0.1, 0.15) is 11.1 Å². The molecule has 0 radical (unpaired) electrons. The maximum atomic E-state index is 4.78. The molecule has 0 N–H and O–H groups in total. The summed E-state index contributed by atoms with van der Waals surface area (Å²) in [4.78, 5) is 9.55. The van der Waals surface area contributed by atoms with Crippen LogP contribution >= 0.6 is 0 Å². The molecule has 2 nitrogen and oxygen atoms in total. The lowest BCUT2D eigenvalue weighted by molar-refractivity contribution is 1.46. The predicted octanol–water partition coefficient (Wildman–Crippen LogP) is 5.50. The third kappa shape index (κ3) is 2.95. The van der Waals surface area contributed by atoms with Gasteiger partial charge in [-0.3, -0.25) is 0 Å². The maximum Gasteiger partial charge on any atom is 0.0716 e. The van der Waals surface area contributed by atoms with Crippen LogP contribution in [0.2, 0.25) is 0 Å². The van der Waals surface area contributed by atoms with Crippen molar-refractivity contribution in [1.29, 1.82) is 0 Å². The van der Waals surface area contributed by atoms with Gasteiger partial charge < -0.3 is 0 Å². The molecule has 0 saturated carbocycles. The van der Waals surface area contributed by atoms with Crippen molar-refractivity contribution < 1.29 is 0 Å². The van der Waals surface area contributed by atoms with E-state index in [0.717, 1.165) is 33.9 Å². The Bertz CT molecular complexity index is 857. The van der Waals surface area contributed by atoms with Crippen LogP contribution in [0, 0.1) is 0 Å². The monoisotopic (exact) mass is 308 g/mol. The molecule has 4 rings (SSSR count). The highest BCUT2D eigenvalue weighted by atomic mass is 14.8. The lowest BCUT2D eigenvalue weighted by Crippen LogP contribution is -2.12. The van der Waals surface area contributed by atoms with Crippen LogP contribution in [0.5, 0.6) is 0 Å². The van der Waals surface area contributed by atoms with E-state index < -0.39 is 0 Å². The topological polar surface area (TPSA) is 24.7 Å². The van der Waals surface area contributed by atoms with Crippen molar-refractivity contribution in [3.05, 3.63) is 108 Å². The molecule has 3 aromatic rings. The first-order valence-corrected chi connectivity index (χ1v) is 7.95. The lowest BCUT2D eigenvalue weighted by Gasteiger charge is -2.15. The fourth-order valence-electron chi connectivity index (χ4n) is 2.75. The van der Waals surface area contributed by atoms with Crippen molar-refractivity contribution in [2.45, 2.75) is 0 Å². The minimum absolute atomic E-state index is 0.954. The normalized spacial score (nSPS) is 16.3. The number of hydrogen-bond acceptors (Lipinski definition) is 2. The van der Waals surface area contributed by atoms with Gasteiger partial charge in [0, 0.05) is 11.1 Å². The van der Waals surface area contributed by atoms with E-state index in [9.17, 15) is 0 Å². The molecule has 1 aliphatic carbocycles. The minimum atomic E-state index is 0.954. The highest BCUT2D eigenvalue weighted by Crippen LogP contribution is 2.23. The summed E-state index contributed by atoms with van der Waals surface area (Å²) in [5, 5.41) is 0. The third-order valence-corrected chi connectivity index (χ3v) is 3.89. The number of benzene rings is 3. The molecule has 0 aromatic heterocycles. The zero-order chi connectivity index (χ0) is 16.2. The molecule has 3 aromatic carbocycles. The van der Waals surface area contributed by atoms with Gasteiger partial charge in [0.25, 0.3) is 0 Å². The van der Waals surface area contributed by atoms with Crippen molar-refractivity contribution in [3.8, 4) is 0 Å². The van der Waals surface area contributed by atoms with Crippen molar-refractivity contribution in [1.82, 2.24) is 0 Å². The quantitative estimate of drug-likeness (QED) is 0.597. The molecule has 114 valence electrons. The van der Waals surface area contributed by atoms with Crippen molar-refractivity contribution in [2.24, 2.45) is 9.98 Å². The highest BCUT2D eigenvalue weighted by molar-refractivity contribution is 6.26. The molecule has 0 heterocycles. The molecular formula is C22H16N2. The van der Waals surface area contributed by atoms with E-state index in [4.69, 9.17) is 9.98 Å². The van der Waals surface area contributed by atoms with E-state index >= 15 is 0 Å². The van der Waals surface area contributed by atoms with Crippen LogP contribution in [0.25, 0.3) is 0 Å². The van der Waals surface area contributed by atoms with E-state index in [1.807, 2.05) is 84.9 Å². The van der Waals surface area contributed by atoms with Gasteiger partial charge in [-0.05, 0) is 36.4 Å². The molecule has 0 spiro atoms.